The summed E-state index contributed by atoms with van der Waals surface area (Å²) in [5, 5.41) is 12.1. The first-order valence-electron chi connectivity index (χ1n) is 10.1. The van der Waals surface area contributed by atoms with E-state index in [1.54, 1.807) is 18.2 Å². The van der Waals surface area contributed by atoms with Crippen molar-refractivity contribution in [2.75, 3.05) is 12.4 Å². The number of amides is 1. The fourth-order valence-electron chi connectivity index (χ4n) is 3.08. The van der Waals surface area contributed by atoms with E-state index in [0.717, 1.165) is 11.1 Å². The number of aryl methyl sites for hydroxylation is 2. The van der Waals surface area contributed by atoms with Crippen LogP contribution in [-0.2, 0) is 11.4 Å². The van der Waals surface area contributed by atoms with E-state index >= 15 is 0 Å². The van der Waals surface area contributed by atoms with Crippen molar-refractivity contribution in [3.05, 3.63) is 93.3 Å². The van der Waals surface area contributed by atoms with E-state index in [1.807, 2.05) is 38.1 Å². The second-order valence-electron chi connectivity index (χ2n) is 7.35. The van der Waals surface area contributed by atoms with Gasteiger partial charge in [-0.2, -0.15) is 5.26 Å². The molecule has 0 aliphatic heterocycles. The lowest BCUT2D eigenvalue weighted by Crippen LogP contribution is -2.14. The van der Waals surface area contributed by atoms with Crippen molar-refractivity contribution in [3.63, 3.8) is 0 Å². The molecule has 0 heterocycles. The van der Waals surface area contributed by atoms with Crippen molar-refractivity contribution in [2.24, 2.45) is 0 Å². The van der Waals surface area contributed by atoms with Crippen molar-refractivity contribution < 1.29 is 18.7 Å². The maximum Gasteiger partial charge on any atom is 0.266 e. The standard InChI is InChI=1S/C26H22ClFN2O3/c1-16-8-9-18(10-17(16)2)15-33-25-21(27)12-19(13-24(25)32-3)11-20(14-29)26(31)30-23-7-5-4-6-22(23)28/h4-13H,15H2,1-3H3,(H,30,31)/b20-11+. The molecule has 0 saturated carbocycles. The molecule has 0 spiro atoms. The molecule has 7 heteroatoms. The summed E-state index contributed by atoms with van der Waals surface area (Å²) in [6, 6.07) is 16.7. The van der Waals surface area contributed by atoms with Gasteiger partial charge in [-0.25, -0.2) is 4.39 Å². The van der Waals surface area contributed by atoms with Gasteiger partial charge in [0, 0.05) is 0 Å². The van der Waals surface area contributed by atoms with Gasteiger partial charge in [-0.1, -0.05) is 41.9 Å². The van der Waals surface area contributed by atoms with Gasteiger partial charge in [-0.05, 0) is 66.4 Å². The summed E-state index contributed by atoms with van der Waals surface area (Å²) in [5.74, 6) is -0.640. The Kier molecular flexibility index (Phi) is 7.70. The monoisotopic (exact) mass is 464 g/mol. The van der Waals surface area contributed by atoms with Gasteiger partial charge >= 0.3 is 0 Å². The minimum atomic E-state index is -0.743. The molecule has 3 aromatic carbocycles. The summed E-state index contributed by atoms with van der Waals surface area (Å²) >= 11 is 6.43. The number of halogens is 2. The molecular weight excluding hydrogens is 443 g/mol. The van der Waals surface area contributed by atoms with Crippen LogP contribution >= 0.6 is 11.6 Å². The summed E-state index contributed by atoms with van der Waals surface area (Å²) in [6.45, 7) is 4.36. The summed E-state index contributed by atoms with van der Waals surface area (Å²) in [4.78, 5) is 12.5. The zero-order chi connectivity index (χ0) is 24.0. The highest BCUT2D eigenvalue weighted by Crippen LogP contribution is 2.37. The van der Waals surface area contributed by atoms with E-state index in [9.17, 15) is 14.4 Å². The lowest BCUT2D eigenvalue weighted by Gasteiger charge is -2.14. The van der Waals surface area contributed by atoms with Gasteiger partial charge < -0.3 is 14.8 Å². The third kappa shape index (κ3) is 5.91. The van der Waals surface area contributed by atoms with Gasteiger partial charge in [0.15, 0.2) is 11.5 Å². The Morgan fingerprint density at radius 1 is 1.15 bits per heavy atom. The lowest BCUT2D eigenvalue weighted by molar-refractivity contribution is -0.112. The number of nitrogens with one attached hydrogen (secondary N) is 1. The number of nitriles is 1. The highest BCUT2D eigenvalue weighted by Gasteiger charge is 2.15. The summed E-state index contributed by atoms with van der Waals surface area (Å²) in [5.41, 5.74) is 3.55. The van der Waals surface area contributed by atoms with Crippen LogP contribution in [0.2, 0.25) is 5.02 Å². The van der Waals surface area contributed by atoms with Crippen LogP contribution in [0.5, 0.6) is 11.5 Å². The van der Waals surface area contributed by atoms with Gasteiger partial charge in [-0.3, -0.25) is 4.79 Å². The summed E-state index contributed by atoms with van der Waals surface area (Å²) in [6.07, 6.45) is 1.34. The first kappa shape index (κ1) is 23.8. The maximum absolute atomic E-state index is 13.8. The highest BCUT2D eigenvalue weighted by molar-refractivity contribution is 6.32. The fraction of sp³-hybridized carbons (Fsp3) is 0.154. The van der Waals surface area contributed by atoms with Gasteiger partial charge in [0.2, 0.25) is 0 Å². The molecule has 0 atom stereocenters. The van der Waals surface area contributed by atoms with Crippen LogP contribution in [-0.4, -0.2) is 13.0 Å². The zero-order valence-corrected chi connectivity index (χ0v) is 19.2. The van der Waals surface area contributed by atoms with Crippen LogP contribution in [0.1, 0.15) is 22.3 Å². The largest absolute Gasteiger partial charge is 0.493 e. The van der Waals surface area contributed by atoms with Gasteiger partial charge in [0.05, 0.1) is 17.8 Å². The fourth-order valence-corrected chi connectivity index (χ4v) is 3.35. The molecule has 0 aromatic heterocycles. The molecule has 0 aliphatic carbocycles. The average molecular weight is 465 g/mol. The molecule has 0 fully saturated rings. The first-order chi connectivity index (χ1) is 15.8. The zero-order valence-electron chi connectivity index (χ0n) is 18.4. The number of ether oxygens (including phenoxy) is 2. The van der Waals surface area contributed by atoms with E-state index in [0.29, 0.717) is 23.7 Å². The summed E-state index contributed by atoms with van der Waals surface area (Å²) in [7, 11) is 1.47. The molecule has 1 N–H and O–H groups in total. The lowest BCUT2D eigenvalue weighted by atomic mass is 10.1. The molecule has 0 aliphatic rings. The predicted octanol–water partition coefficient (Wildman–Crippen LogP) is 6.23. The number of anilines is 1. The van der Waals surface area contributed by atoms with Crippen LogP contribution in [0.25, 0.3) is 6.08 Å². The molecule has 0 saturated heterocycles. The van der Waals surface area contributed by atoms with Crippen molar-refractivity contribution >= 4 is 29.3 Å². The Morgan fingerprint density at radius 3 is 2.58 bits per heavy atom. The quantitative estimate of drug-likeness (QED) is 0.332. The van der Waals surface area contributed by atoms with Crippen LogP contribution in [0.3, 0.4) is 0 Å². The summed E-state index contributed by atoms with van der Waals surface area (Å²) < 4.78 is 25.1. The third-order valence-electron chi connectivity index (χ3n) is 5.00. The van der Waals surface area contributed by atoms with E-state index in [2.05, 4.69) is 5.32 Å². The third-order valence-corrected chi connectivity index (χ3v) is 5.29. The molecule has 3 aromatic rings. The SMILES string of the molecule is COc1cc(/C=C(\C#N)C(=O)Nc2ccccc2F)cc(Cl)c1OCc1ccc(C)c(C)c1. The molecule has 5 nitrogen and oxygen atoms in total. The van der Waals surface area contributed by atoms with E-state index in [-0.39, 0.29) is 16.3 Å². The number of benzene rings is 3. The molecule has 0 radical (unpaired) electrons. The number of para-hydroxylation sites is 1. The van der Waals surface area contributed by atoms with E-state index in [1.165, 1.54) is 36.9 Å². The number of carbonyl (C=O) groups is 1. The molecule has 1 amide bonds. The number of hydrogen-bond acceptors (Lipinski definition) is 4. The number of rotatable bonds is 7. The van der Waals surface area contributed by atoms with E-state index < -0.39 is 11.7 Å². The second kappa shape index (κ2) is 10.7. The number of nitrogens with zero attached hydrogens (tertiary/aromatic N) is 1. The second-order valence-corrected chi connectivity index (χ2v) is 7.75. The minimum absolute atomic E-state index is 0.0191. The van der Waals surface area contributed by atoms with Crippen LogP contribution in [0.15, 0.2) is 60.2 Å². The predicted molar refractivity (Wildman–Crippen MR) is 127 cm³/mol. The van der Waals surface area contributed by atoms with Gasteiger partial charge in [0.25, 0.3) is 5.91 Å². The minimum Gasteiger partial charge on any atom is -0.493 e. The first-order valence-corrected chi connectivity index (χ1v) is 10.4. The van der Waals surface area contributed by atoms with Crippen LogP contribution < -0.4 is 14.8 Å². The Hall–Kier alpha value is -3.82. The van der Waals surface area contributed by atoms with Crippen molar-refractivity contribution in [1.82, 2.24) is 0 Å². The molecule has 33 heavy (non-hydrogen) atoms. The number of carbonyl (C=O) groups excluding carboxylic acids is 1. The highest BCUT2D eigenvalue weighted by atomic mass is 35.5. The van der Waals surface area contributed by atoms with Gasteiger partial charge in [-0.15, -0.1) is 0 Å². The molecule has 168 valence electrons. The number of hydrogen-bond donors (Lipinski definition) is 1. The molecule has 0 bridgehead atoms. The van der Waals surface area contributed by atoms with Crippen molar-refractivity contribution in [2.45, 2.75) is 20.5 Å². The Labute approximate surface area is 197 Å². The maximum atomic E-state index is 13.8. The Morgan fingerprint density at radius 2 is 1.91 bits per heavy atom. The van der Waals surface area contributed by atoms with Crippen molar-refractivity contribution in [1.29, 1.82) is 5.26 Å². The number of methoxy groups -OCH3 is 1. The van der Waals surface area contributed by atoms with Crippen LogP contribution in [0.4, 0.5) is 10.1 Å². The van der Waals surface area contributed by atoms with Gasteiger partial charge in [0.1, 0.15) is 24.1 Å². The molecule has 3 rings (SSSR count). The molecular formula is C26H22ClFN2O3. The van der Waals surface area contributed by atoms with E-state index in [4.69, 9.17) is 21.1 Å². The average Bonchev–Trinajstić information content (AvgIpc) is 2.80. The van der Waals surface area contributed by atoms with Crippen LogP contribution in [0, 0.1) is 31.0 Å². The normalized spacial score (nSPS) is 11.0. The Bertz CT molecular complexity index is 1260. The Balaban J connectivity index is 1.83. The molecule has 0 unspecified atom stereocenters. The topological polar surface area (TPSA) is 71.3 Å². The smallest absolute Gasteiger partial charge is 0.266 e. The van der Waals surface area contributed by atoms with Crippen molar-refractivity contribution in [3.8, 4) is 17.6 Å².